The van der Waals surface area contributed by atoms with E-state index in [-0.39, 0.29) is 23.9 Å². The van der Waals surface area contributed by atoms with Crippen LogP contribution in [0.2, 0.25) is 0 Å². The van der Waals surface area contributed by atoms with Gasteiger partial charge in [0.25, 0.3) is 5.91 Å². The van der Waals surface area contributed by atoms with Gasteiger partial charge in [0.2, 0.25) is 5.91 Å². The van der Waals surface area contributed by atoms with Gasteiger partial charge in [-0.2, -0.15) is 0 Å². The fourth-order valence-electron chi connectivity index (χ4n) is 6.67. The molecular formula is C29H35N3O3. The van der Waals surface area contributed by atoms with Gasteiger partial charge in [0, 0.05) is 18.2 Å². The summed E-state index contributed by atoms with van der Waals surface area (Å²) in [6, 6.07) is 12.3. The maximum Gasteiger partial charge on any atom is 0.272 e. The van der Waals surface area contributed by atoms with E-state index >= 15 is 0 Å². The Hall–Kier alpha value is -3.02. The molecule has 0 unspecified atom stereocenters. The summed E-state index contributed by atoms with van der Waals surface area (Å²) >= 11 is 0. The van der Waals surface area contributed by atoms with Gasteiger partial charge in [-0.25, -0.2) is 0 Å². The monoisotopic (exact) mass is 473 g/mol. The maximum absolute atomic E-state index is 14.2. The third-order valence-electron chi connectivity index (χ3n) is 8.48. The van der Waals surface area contributed by atoms with Crippen LogP contribution in [0, 0.1) is 6.92 Å². The largest absolute Gasteiger partial charge is 0.460 e. The van der Waals surface area contributed by atoms with Crippen LogP contribution in [0.1, 0.15) is 91.7 Å². The predicted octanol–water partition coefficient (Wildman–Crippen LogP) is 5.67. The van der Waals surface area contributed by atoms with Crippen LogP contribution in [0.5, 0.6) is 0 Å². The molecule has 0 saturated heterocycles. The van der Waals surface area contributed by atoms with Crippen molar-refractivity contribution in [3.8, 4) is 0 Å². The van der Waals surface area contributed by atoms with E-state index in [9.17, 15) is 9.59 Å². The number of rotatable bonds is 3. The number of hydrogen-bond donors (Lipinski definition) is 1. The SMILES string of the molecule is Cc1cc2c(cc3n2C[C@](C)(C(=O)NC2CCCCCC2)N([C@H]2CCCc4ccccc42)C3=O)o1. The minimum Gasteiger partial charge on any atom is -0.460 e. The molecule has 1 aliphatic heterocycles. The van der Waals surface area contributed by atoms with Gasteiger partial charge >= 0.3 is 0 Å². The molecule has 2 aromatic heterocycles. The summed E-state index contributed by atoms with van der Waals surface area (Å²) in [6.45, 7) is 4.31. The van der Waals surface area contributed by atoms with E-state index in [1.54, 1.807) is 0 Å². The lowest BCUT2D eigenvalue weighted by Crippen LogP contribution is -2.65. The highest BCUT2D eigenvalue weighted by atomic mass is 16.3. The van der Waals surface area contributed by atoms with Gasteiger partial charge in [0.05, 0.1) is 18.1 Å². The standard InChI is InChI=1S/C29H35N3O3/c1-19-16-24-26(35-19)17-25-27(33)32(23-15-9-11-20-10-7-8-14-22(20)23)29(2,18-31(24)25)28(34)30-21-12-5-3-4-6-13-21/h7-8,10,14,16-17,21,23H,3-6,9,11-13,15,18H2,1-2H3,(H,30,34)/t23-,29+/m0/s1. The summed E-state index contributed by atoms with van der Waals surface area (Å²) in [5, 5.41) is 3.39. The normalized spacial score (nSPS) is 25.3. The molecule has 1 N–H and O–H groups in total. The van der Waals surface area contributed by atoms with Gasteiger partial charge in [-0.15, -0.1) is 0 Å². The Kier molecular flexibility index (Phi) is 5.50. The van der Waals surface area contributed by atoms with Crippen molar-refractivity contribution < 1.29 is 14.0 Å². The zero-order valence-electron chi connectivity index (χ0n) is 20.8. The second-order valence-electron chi connectivity index (χ2n) is 10.9. The number of fused-ring (bicyclic) bond motifs is 4. The summed E-state index contributed by atoms with van der Waals surface area (Å²) in [6.07, 6.45) is 9.69. The van der Waals surface area contributed by atoms with Crippen molar-refractivity contribution in [2.45, 2.75) is 95.8 Å². The number of aromatic nitrogens is 1. The molecule has 1 saturated carbocycles. The van der Waals surface area contributed by atoms with Crippen molar-refractivity contribution in [1.82, 2.24) is 14.8 Å². The third-order valence-corrected chi connectivity index (χ3v) is 8.48. The highest BCUT2D eigenvalue weighted by molar-refractivity contribution is 6.03. The quantitative estimate of drug-likeness (QED) is 0.498. The molecule has 3 aliphatic rings. The Morgan fingerprint density at radius 1 is 1.06 bits per heavy atom. The average Bonchev–Trinajstić information content (AvgIpc) is 3.24. The molecule has 1 aromatic carbocycles. The number of nitrogens with zero attached hydrogens (tertiary/aromatic N) is 2. The van der Waals surface area contributed by atoms with E-state index < -0.39 is 5.54 Å². The Morgan fingerprint density at radius 3 is 2.63 bits per heavy atom. The average molecular weight is 474 g/mol. The van der Waals surface area contributed by atoms with E-state index in [1.807, 2.05) is 41.5 Å². The number of benzene rings is 1. The number of hydrogen-bond acceptors (Lipinski definition) is 3. The number of nitrogens with one attached hydrogen (secondary N) is 1. The van der Waals surface area contributed by atoms with Crippen LogP contribution >= 0.6 is 0 Å². The predicted molar refractivity (Wildman–Crippen MR) is 135 cm³/mol. The molecule has 35 heavy (non-hydrogen) atoms. The summed E-state index contributed by atoms with van der Waals surface area (Å²) in [4.78, 5) is 30.3. The second kappa shape index (κ2) is 8.58. The van der Waals surface area contributed by atoms with Crippen LogP contribution in [0.15, 0.2) is 40.8 Å². The fraction of sp³-hybridized carbons (Fsp3) is 0.517. The zero-order chi connectivity index (χ0) is 24.2. The number of carbonyl (C=O) groups is 2. The number of furan rings is 1. The molecule has 2 aliphatic carbocycles. The van der Waals surface area contributed by atoms with Crippen molar-refractivity contribution in [3.63, 3.8) is 0 Å². The van der Waals surface area contributed by atoms with E-state index in [1.165, 1.54) is 24.0 Å². The molecule has 3 heterocycles. The van der Waals surface area contributed by atoms with Crippen molar-refractivity contribution in [2.24, 2.45) is 0 Å². The zero-order valence-corrected chi connectivity index (χ0v) is 20.8. The van der Waals surface area contributed by atoms with Crippen LogP contribution in [0.4, 0.5) is 0 Å². The molecule has 0 bridgehead atoms. The van der Waals surface area contributed by atoms with Crippen LogP contribution in [0.25, 0.3) is 11.1 Å². The van der Waals surface area contributed by atoms with E-state index in [0.717, 1.165) is 56.2 Å². The highest BCUT2D eigenvalue weighted by Gasteiger charge is 2.51. The summed E-state index contributed by atoms with van der Waals surface area (Å²) in [7, 11) is 0. The number of carbonyl (C=O) groups excluding carboxylic acids is 2. The molecule has 6 rings (SSSR count). The minimum absolute atomic E-state index is 0.0338. The van der Waals surface area contributed by atoms with Gasteiger partial charge in [-0.05, 0) is 57.1 Å². The first kappa shape index (κ1) is 22.4. The molecular weight excluding hydrogens is 438 g/mol. The number of aryl methyl sites for hydroxylation is 2. The van der Waals surface area contributed by atoms with Crippen LogP contribution in [-0.4, -0.2) is 32.9 Å². The van der Waals surface area contributed by atoms with Gasteiger partial charge < -0.3 is 19.2 Å². The Balaban J connectivity index is 1.44. The summed E-state index contributed by atoms with van der Waals surface area (Å²) < 4.78 is 7.88. The molecule has 184 valence electrons. The Bertz CT molecular complexity index is 1280. The third kappa shape index (κ3) is 3.69. The van der Waals surface area contributed by atoms with Crippen LogP contribution < -0.4 is 5.32 Å². The lowest BCUT2D eigenvalue weighted by Gasteiger charge is -2.49. The first-order valence-electron chi connectivity index (χ1n) is 13.3. The molecule has 6 heteroatoms. The molecule has 6 nitrogen and oxygen atoms in total. The molecule has 2 amide bonds. The van der Waals surface area contributed by atoms with E-state index in [0.29, 0.717) is 17.8 Å². The molecule has 2 atom stereocenters. The van der Waals surface area contributed by atoms with Gasteiger partial charge in [-0.1, -0.05) is 49.9 Å². The Labute approximate surface area is 206 Å². The maximum atomic E-state index is 14.2. The molecule has 3 aromatic rings. The second-order valence-corrected chi connectivity index (χ2v) is 10.9. The van der Waals surface area contributed by atoms with Crippen molar-refractivity contribution in [2.75, 3.05) is 0 Å². The van der Waals surface area contributed by atoms with Gasteiger partial charge in [0.1, 0.15) is 17.0 Å². The van der Waals surface area contributed by atoms with E-state index in [2.05, 4.69) is 23.5 Å². The van der Waals surface area contributed by atoms with E-state index in [4.69, 9.17) is 4.42 Å². The van der Waals surface area contributed by atoms with Crippen molar-refractivity contribution in [3.05, 3.63) is 59.0 Å². The molecule has 1 fully saturated rings. The van der Waals surface area contributed by atoms with Crippen LogP contribution in [0.3, 0.4) is 0 Å². The lowest BCUT2D eigenvalue weighted by atomic mass is 9.82. The first-order valence-corrected chi connectivity index (χ1v) is 13.3. The van der Waals surface area contributed by atoms with Crippen molar-refractivity contribution in [1.29, 1.82) is 0 Å². The smallest absolute Gasteiger partial charge is 0.272 e. The summed E-state index contributed by atoms with van der Waals surface area (Å²) in [5.41, 5.74) is 3.68. The Morgan fingerprint density at radius 2 is 1.83 bits per heavy atom. The highest BCUT2D eigenvalue weighted by Crippen LogP contribution is 2.43. The topological polar surface area (TPSA) is 67.5 Å². The van der Waals surface area contributed by atoms with Crippen LogP contribution in [-0.2, 0) is 17.8 Å². The van der Waals surface area contributed by atoms with Gasteiger partial charge in [0.15, 0.2) is 5.58 Å². The summed E-state index contributed by atoms with van der Waals surface area (Å²) in [5.74, 6) is 0.694. The van der Waals surface area contributed by atoms with Crippen molar-refractivity contribution >= 4 is 22.9 Å². The molecule has 0 radical (unpaired) electrons. The molecule has 0 spiro atoms. The first-order chi connectivity index (χ1) is 17.0. The lowest BCUT2D eigenvalue weighted by molar-refractivity contribution is -0.135. The minimum atomic E-state index is -0.997. The fourth-order valence-corrected chi connectivity index (χ4v) is 6.67. The number of amides is 2. The van der Waals surface area contributed by atoms with Gasteiger partial charge in [-0.3, -0.25) is 9.59 Å².